The van der Waals surface area contributed by atoms with Gasteiger partial charge in [-0.1, -0.05) is 18.2 Å². The van der Waals surface area contributed by atoms with E-state index in [1.165, 1.54) is 0 Å². The van der Waals surface area contributed by atoms with Crippen molar-refractivity contribution < 1.29 is 9.84 Å². The first-order valence-electron chi connectivity index (χ1n) is 4.61. The Morgan fingerprint density at radius 2 is 1.86 bits per heavy atom. The molecule has 1 rings (SSSR count). The van der Waals surface area contributed by atoms with E-state index in [-0.39, 0.29) is 0 Å². The van der Waals surface area contributed by atoms with Gasteiger partial charge in [0.2, 0.25) is 5.79 Å². The molecule has 0 heterocycles. The maximum atomic E-state index is 9.87. The van der Waals surface area contributed by atoms with Gasteiger partial charge in [0.25, 0.3) is 0 Å². The molecule has 1 atom stereocenters. The molecule has 1 aromatic carbocycles. The molecule has 1 N–H and O–H groups in total. The van der Waals surface area contributed by atoms with Crippen LogP contribution in [0.2, 0.25) is 0 Å². The number of ether oxygens (including phenoxy) is 1. The SMILES string of the molecule is CN(C)CC(C)(O)Oc1ccccc1. The summed E-state index contributed by atoms with van der Waals surface area (Å²) in [5.41, 5.74) is 0. The summed E-state index contributed by atoms with van der Waals surface area (Å²) in [7, 11) is 3.78. The van der Waals surface area contributed by atoms with Crippen LogP contribution in [0.1, 0.15) is 6.92 Å². The Morgan fingerprint density at radius 3 is 2.36 bits per heavy atom. The van der Waals surface area contributed by atoms with Gasteiger partial charge in [-0.05, 0) is 26.2 Å². The van der Waals surface area contributed by atoms with Gasteiger partial charge < -0.3 is 14.7 Å². The summed E-state index contributed by atoms with van der Waals surface area (Å²) >= 11 is 0. The molecular weight excluding hydrogens is 178 g/mol. The van der Waals surface area contributed by atoms with Crippen molar-refractivity contribution in [1.82, 2.24) is 4.90 Å². The van der Waals surface area contributed by atoms with Crippen molar-refractivity contribution in [2.24, 2.45) is 0 Å². The number of nitrogens with zero attached hydrogens (tertiary/aromatic N) is 1. The normalized spacial score (nSPS) is 15.2. The average molecular weight is 195 g/mol. The Hall–Kier alpha value is -1.06. The van der Waals surface area contributed by atoms with Crippen LogP contribution in [0.25, 0.3) is 0 Å². The van der Waals surface area contributed by atoms with Crippen molar-refractivity contribution in [3.8, 4) is 5.75 Å². The van der Waals surface area contributed by atoms with Crippen LogP contribution in [0.5, 0.6) is 5.75 Å². The third kappa shape index (κ3) is 3.77. The van der Waals surface area contributed by atoms with Gasteiger partial charge >= 0.3 is 0 Å². The van der Waals surface area contributed by atoms with Gasteiger partial charge in [-0.25, -0.2) is 0 Å². The molecule has 14 heavy (non-hydrogen) atoms. The maximum Gasteiger partial charge on any atom is 0.218 e. The minimum Gasteiger partial charge on any atom is -0.461 e. The fraction of sp³-hybridized carbons (Fsp3) is 0.455. The summed E-state index contributed by atoms with van der Waals surface area (Å²) in [6, 6.07) is 9.31. The number of benzene rings is 1. The summed E-state index contributed by atoms with van der Waals surface area (Å²) in [6.07, 6.45) is 0. The Labute approximate surface area is 84.9 Å². The highest BCUT2D eigenvalue weighted by Crippen LogP contribution is 2.16. The molecule has 0 amide bonds. The Balaban J connectivity index is 2.59. The van der Waals surface area contributed by atoms with Crippen LogP contribution < -0.4 is 4.74 Å². The zero-order chi connectivity index (χ0) is 10.6. The maximum absolute atomic E-state index is 9.87. The van der Waals surface area contributed by atoms with E-state index in [9.17, 15) is 5.11 Å². The van der Waals surface area contributed by atoms with E-state index in [4.69, 9.17) is 4.74 Å². The van der Waals surface area contributed by atoms with Crippen LogP contribution in [0.4, 0.5) is 0 Å². The van der Waals surface area contributed by atoms with Gasteiger partial charge in [0.1, 0.15) is 5.75 Å². The smallest absolute Gasteiger partial charge is 0.218 e. The molecule has 0 fully saturated rings. The van der Waals surface area contributed by atoms with Crippen LogP contribution in [-0.4, -0.2) is 36.4 Å². The molecule has 1 unspecified atom stereocenters. The van der Waals surface area contributed by atoms with Gasteiger partial charge in [0, 0.05) is 6.92 Å². The van der Waals surface area contributed by atoms with Crippen LogP contribution in [0, 0.1) is 0 Å². The minimum absolute atomic E-state index is 0.460. The zero-order valence-electron chi connectivity index (χ0n) is 8.90. The molecular formula is C11H17NO2. The first-order chi connectivity index (χ1) is 6.49. The van der Waals surface area contributed by atoms with Crippen molar-refractivity contribution >= 4 is 0 Å². The second kappa shape index (κ2) is 4.44. The third-order valence-electron chi connectivity index (χ3n) is 1.69. The topological polar surface area (TPSA) is 32.7 Å². The molecule has 0 radical (unpaired) electrons. The number of para-hydroxylation sites is 1. The number of rotatable bonds is 4. The van der Waals surface area contributed by atoms with Gasteiger partial charge in [-0.2, -0.15) is 0 Å². The molecule has 0 saturated heterocycles. The number of hydrogen-bond acceptors (Lipinski definition) is 3. The van der Waals surface area contributed by atoms with Crippen molar-refractivity contribution in [3.63, 3.8) is 0 Å². The molecule has 0 bridgehead atoms. The summed E-state index contributed by atoms with van der Waals surface area (Å²) in [5, 5.41) is 9.87. The molecule has 0 spiro atoms. The van der Waals surface area contributed by atoms with E-state index < -0.39 is 5.79 Å². The monoisotopic (exact) mass is 195 g/mol. The Kier molecular flexibility index (Phi) is 3.49. The summed E-state index contributed by atoms with van der Waals surface area (Å²) < 4.78 is 5.43. The van der Waals surface area contributed by atoms with Crippen molar-refractivity contribution in [1.29, 1.82) is 0 Å². The van der Waals surface area contributed by atoms with Crippen molar-refractivity contribution in [2.45, 2.75) is 12.7 Å². The standard InChI is InChI=1S/C11H17NO2/c1-11(13,9-12(2)3)14-10-7-5-4-6-8-10/h4-8,13H,9H2,1-3H3. The number of hydrogen-bond donors (Lipinski definition) is 1. The van der Waals surface area contributed by atoms with Gasteiger partial charge in [0.05, 0.1) is 6.54 Å². The Morgan fingerprint density at radius 1 is 1.29 bits per heavy atom. The highest BCUT2D eigenvalue weighted by Gasteiger charge is 2.22. The van der Waals surface area contributed by atoms with E-state index >= 15 is 0 Å². The lowest BCUT2D eigenvalue weighted by Gasteiger charge is -2.27. The second-order valence-corrected chi connectivity index (χ2v) is 3.83. The summed E-state index contributed by atoms with van der Waals surface area (Å²) in [4.78, 5) is 1.88. The van der Waals surface area contributed by atoms with E-state index in [1.807, 2.05) is 49.3 Å². The first kappa shape index (κ1) is 11.0. The fourth-order valence-electron chi connectivity index (χ4n) is 1.36. The van der Waals surface area contributed by atoms with E-state index in [2.05, 4.69) is 0 Å². The highest BCUT2D eigenvalue weighted by atomic mass is 16.6. The molecule has 1 aromatic rings. The lowest BCUT2D eigenvalue weighted by Crippen LogP contribution is -2.42. The van der Waals surface area contributed by atoms with Crippen molar-refractivity contribution in [2.75, 3.05) is 20.6 Å². The lowest BCUT2D eigenvalue weighted by atomic mass is 10.3. The van der Waals surface area contributed by atoms with Crippen LogP contribution in [-0.2, 0) is 0 Å². The van der Waals surface area contributed by atoms with Gasteiger partial charge in [-0.15, -0.1) is 0 Å². The second-order valence-electron chi connectivity index (χ2n) is 3.83. The summed E-state index contributed by atoms with van der Waals surface area (Å²) in [5.74, 6) is -0.468. The zero-order valence-corrected chi connectivity index (χ0v) is 8.90. The molecule has 0 aliphatic rings. The quantitative estimate of drug-likeness (QED) is 0.736. The molecule has 0 aromatic heterocycles. The van der Waals surface area contributed by atoms with Gasteiger partial charge in [-0.3, -0.25) is 0 Å². The highest BCUT2D eigenvalue weighted by molar-refractivity contribution is 5.21. The van der Waals surface area contributed by atoms with Crippen LogP contribution >= 0.6 is 0 Å². The predicted octanol–water partition coefficient (Wildman–Crippen LogP) is 1.34. The average Bonchev–Trinajstić information content (AvgIpc) is 2.02. The summed E-state index contributed by atoms with van der Waals surface area (Å²) in [6.45, 7) is 2.11. The molecule has 3 nitrogen and oxygen atoms in total. The van der Waals surface area contributed by atoms with E-state index in [0.29, 0.717) is 12.3 Å². The van der Waals surface area contributed by atoms with E-state index in [0.717, 1.165) is 0 Å². The number of aliphatic hydroxyl groups is 1. The van der Waals surface area contributed by atoms with Crippen LogP contribution in [0.15, 0.2) is 30.3 Å². The van der Waals surface area contributed by atoms with Crippen LogP contribution in [0.3, 0.4) is 0 Å². The lowest BCUT2D eigenvalue weighted by molar-refractivity contribution is -0.132. The predicted molar refractivity (Wildman–Crippen MR) is 56.2 cm³/mol. The molecule has 0 saturated carbocycles. The molecule has 0 aliphatic heterocycles. The first-order valence-corrected chi connectivity index (χ1v) is 4.61. The molecule has 78 valence electrons. The van der Waals surface area contributed by atoms with Gasteiger partial charge in [0.15, 0.2) is 0 Å². The van der Waals surface area contributed by atoms with E-state index in [1.54, 1.807) is 6.92 Å². The fourth-order valence-corrected chi connectivity index (χ4v) is 1.36. The molecule has 3 heteroatoms. The molecule has 0 aliphatic carbocycles. The number of likely N-dealkylation sites (N-methyl/N-ethyl adjacent to an activating group) is 1. The van der Waals surface area contributed by atoms with Crippen molar-refractivity contribution in [3.05, 3.63) is 30.3 Å². The third-order valence-corrected chi connectivity index (χ3v) is 1.69. The minimum atomic E-state index is -1.15. The largest absolute Gasteiger partial charge is 0.461 e. The Bertz CT molecular complexity index is 270.